The number of halogens is 1. The summed E-state index contributed by atoms with van der Waals surface area (Å²) in [6.45, 7) is 0.831. The molecule has 0 radical (unpaired) electrons. The Morgan fingerprint density at radius 3 is 2.89 bits per heavy atom. The Morgan fingerprint density at radius 2 is 2.11 bits per heavy atom. The molecule has 1 aromatic heterocycles. The Hall–Kier alpha value is -1.95. The predicted molar refractivity (Wildman–Crippen MR) is 71.4 cm³/mol. The molecule has 1 amide bonds. The molecule has 0 atom stereocenters. The smallest absolute Gasteiger partial charge is 0.410 e. The quantitative estimate of drug-likeness (QED) is 0.854. The van der Waals surface area contributed by atoms with Gasteiger partial charge in [0, 0.05) is 22.4 Å². The van der Waals surface area contributed by atoms with Crippen LogP contribution >= 0.6 is 15.9 Å². The van der Waals surface area contributed by atoms with Crippen molar-refractivity contribution in [2.24, 2.45) is 0 Å². The van der Waals surface area contributed by atoms with Gasteiger partial charge < -0.3 is 4.74 Å². The summed E-state index contributed by atoms with van der Waals surface area (Å²) in [5, 5.41) is 0. The zero-order chi connectivity index (χ0) is 13.2. The van der Waals surface area contributed by atoms with Crippen LogP contribution < -0.4 is 4.74 Å². The topological polar surface area (TPSA) is 55.3 Å². The first-order valence-electron chi connectivity index (χ1n) is 5.73. The van der Waals surface area contributed by atoms with Gasteiger partial charge in [0.15, 0.2) is 0 Å². The summed E-state index contributed by atoms with van der Waals surface area (Å²) in [6.07, 6.45) is 2.94. The summed E-state index contributed by atoms with van der Waals surface area (Å²) >= 11 is 3.41. The van der Waals surface area contributed by atoms with E-state index in [2.05, 4.69) is 25.9 Å². The maximum Gasteiger partial charge on any atom is 0.415 e. The molecule has 3 rings (SSSR count). The summed E-state index contributed by atoms with van der Waals surface area (Å²) in [5.41, 5.74) is 0.963. The Labute approximate surface area is 118 Å². The van der Waals surface area contributed by atoms with Gasteiger partial charge in [0.05, 0.1) is 13.1 Å². The van der Waals surface area contributed by atoms with Crippen LogP contribution in [0.15, 0.2) is 41.1 Å². The van der Waals surface area contributed by atoms with Crippen LogP contribution in [0.4, 0.5) is 4.79 Å². The van der Waals surface area contributed by atoms with E-state index >= 15 is 0 Å². The minimum atomic E-state index is -0.373. The van der Waals surface area contributed by atoms with Gasteiger partial charge in [-0.25, -0.2) is 14.8 Å². The molecule has 0 fully saturated rings. The van der Waals surface area contributed by atoms with Crippen LogP contribution in [0.2, 0.25) is 0 Å². The number of fused-ring (bicyclic) bond motifs is 1. The number of hydrogen-bond donors (Lipinski definition) is 0. The van der Waals surface area contributed by atoms with E-state index in [1.165, 1.54) is 0 Å². The fourth-order valence-electron chi connectivity index (χ4n) is 1.90. The minimum absolute atomic E-state index is 0.339. The SMILES string of the molecule is O=C1Oc2ccc(Br)cc2CN1Cc1ncccn1. The van der Waals surface area contributed by atoms with Crippen molar-refractivity contribution in [2.45, 2.75) is 13.1 Å². The normalized spacial score (nSPS) is 13.9. The van der Waals surface area contributed by atoms with E-state index in [1.54, 1.807) is 29.4 Å². The first-order chi connectivity index (χ1) is 9.22. The number of benzene rings is 1. The van der Waals surface area contributed by atoms with Crippen molar-refractivity contribution in [3.05, 3.63) is 52.5 Å². The third-order valence-corrected chi connectivity index (χ3v) is 3.28. The van der Waals surface area contributed by atoms with Gasteiger partial charge >= 0.3 is 6.09 Å². The van der Waals surface area contributed by atoms with Crippen LogP contribution in [-0.4, -0.2) is 21.0 Å². The number of hydrogen-bond acceptors (Lipinski definition) is 4. The van der Waals surface area contributed by atoms with E-state index < -0.39 is 0 Å². The van der Waals surface area contributed by atoms with Gasteiger partial charge in [-0.05, 0) is 24.3 Å². The van der Waals surface area contributed by atoms with Crippen molar-refractivity contribution < 1.29 is 9.53 Å². The number of carbonyl (C=O) groups is 1. The van der Waals surface area contributed by atoms with Crippen LogP contribution in [-0.2, 0) is 13.1 Å². The second-order valence-electron chi connectivity index (χ2n) is 4.14. The van der Waals surface area contributed by atoms with Crippen molar-refractivity contribution >= 4 is 22.0 Å². The highest BCUT2D eigenvalue weighted by Gasteiger charge is 2.25. The third kappa shape index (κ3) is 2.58. The lowest BCUT2D eigenvalue weighted by Crippen LogP contribution is -2.36. The first kappa shape index (κ1) is 12.1. The number of ether oxygens (including phenoxy) is 1. The maximum atomic E-state index is 11.9. The Balaban J connectivity index is 1.83. The Kier molecular flexibility index (Phi) is 3.16. The molecule has 0 spiro atoms. The van der Waals surface area contributed by atoms with Crippen molar-refractivity contribution in [2.75, 3.05) is 0 Å². The van der Waals surface area contributed by atoms with Gasteiger partial charge in [0.2, 0.25) is 0 Å². The molecule has 1 aliphatic heterocycles. The molecule has 2 aromatic rings. The van der Waals surface area contributed by atoms with Crippen molar-refractivity contribution in [1.82, 2.24) is 14.9 Å². The maximum absolute atomic E-state index is 11.9. The number of aromatic nitrogens is 2. The second kappa shape index (κ2) is 4.97. The van der Waals surface area contributed by atoms with E-state index in [4.69, 9.17) is 4.74 Å². The van der Waals surface area contributed by atoms with Crippen LogP contribution in [0.25, 0.3) is 0 Å². The molecule has 0 saturated heterocycles. The van der Waals surface area contributed by atoms with Crippen LogP contribution in [0, 0.1) is 0 Å². The second-order valence-corrected chi connectivity index (χ2v) is 5.06. The zero-order valence-corrected chi connectivity index (χ0v) is 11.5. The van der Waals surface area contributed by atoms with Gasteiger partial charge in [0.25, 0.3) is 0 Å². The number of nitrogens with zero attached hydrogens (tertiary/aromatic N) is 3. The highest BCUT2D eigenvalue weighted by molar-refractivity contribution is 9.10. The standard InChI is InChI=1S/C13H10BrN3O2/c14-10-2-3-11-9(6-10)7-17(13(18)19-11)8-12-15-4-1-5-16-12/h1-6H,7-8H2. The molecule has 1 aliphatic rings. The monoisotopic (exact) mass is 319 g/mol. The molecular formula is C13H10BrN3O2. The molecule has 0 saturated carbocycles. The molecule has 96 valence electrons. The molecule has 0 N–H and O–H groups in total. The van der Waals surface area contributed by atoms with Gasteiger partial charge in [-0.1, -0.05) is 15.9 Å². The van der Waals surface area contributed by atoms with E-state index in [9.17, 15) is 4.79 Å². The largest absolute Gasteiger partial charge is 0.415 e. The summed E-state index contributed by atoms with van der Waals surface area (Å²) in [6, 6.07) is 7.32. The summed E-state index contributed by atoms with van der Waals surface area (Å²) in [4.78, 5) is 21.7. The average Bonchev–Trinajstić information content (AvgIpc) is 2.41. The Bertz CT molecular complexity index is 619. The summed E-state index contributed by atoms with van der Waals surface area (Å²) in [7, 11) is 0. The first-order valence-corrected chi connectivity index (χ1v) is 6.53. The van der Waals surface area contributed by atoms with Gasteiger partial charge in [0.1, 0.15) is 11.6 Å². The minimum Gasteiger partial charge on any atom is -0.410 e. The molecule has 0 unspecified atom stereocenters. The Morgan fingerprint density at radius 1 is 1.32 bits per heavy atom. The molecule has 6 heteroatoms. The molecule has 5 nitrogen and oxygen atoms in total. The fourth-order valence-corrected chi connectivity index (χ4v) is 2.31. The zero-order valence-electron chi connectivity index (χ0n) is 9.91. The van der Waals surface area contributed by atoms with Gasteiger partial charge in [-0.15, -0.1) is 0 Å². The fraction of sp³-hybridized carbons (Fsp3) is 0.154. The summed E-state index contributed by atoms with van der Waals surface area (Å²) < 4.78 is 6.24. The van der Waals surface area contributed by atoms with Crippen LogP contribution in [0.3, 0.4) is 0 Å². The number of rotatable bonds is 2. The van der Waals surface area contributed by atoms with Crippen LogP contribution in [0.5, 0.6) is 5.75 Å². The molecular weight excluding hydrogens is 310 g/mol. The highest BCUT2D eigenvalue weighted by atomic mass is 79.9. The van der Waals surface area contributed by atoms with Crippen molar-refractivity contribution in [3.63, 3.8) is 0 Å². The molecule has 0 aliphatic carbocycles. The average molecular weight is 320 g/mol. The third-order valence-electron chi connectivity index (χ3n) is 2.79. The lowest BCUT2D eigenvalue weighted by Gasteiger charge is -2.27. The lowest BCUT2D eigenvalue weighted by atomic mass is 10.1. The van der Waals surface area contributed by atoms with Gasteiger partial charge in [-0.2, -0.15) is 0 Å². The van der Waals surface area contributed by atoms with E-state index in [1.807, 2.05) is 12.1 Å². The van der Waals surface area contributed by atoms with Gasteiger partial charge in [-0.3, -0.25) is 4.90 Å². The summed E-state index contributed by atoms with van der Waals surface area (Å²) in [5.74, 6) is 1.20. The predicted octanol–water partition coefficient (Wildman–Crippen LogP) is 2.75. The lowest BCUT2D eigenvalue weighted by molar-refractivity contribution is 0.134. The van der Waals surface area contributed by atoms with E-state index in [0.29, 0.717) is 24.7 Å². The number of carbonyl (C=O) groups excluding carboxylic acids is 1. The highest BCUT2D eigenvalue weighted by Crippen LogP contribution is 2.29. The number of amides is 1. The molecule has 1 aromatic carbocycles. The van der Waals surface area contributed by atoms with Crippen molar-refractivity contribution in [3.8, 4) is 5.75 Å². The molecule has 19 heavy (non-hydrogen) atoms. The van der Waals surface area contributed by atoms with Crippen LogP contribution in [0.1, 0.15) is 11.4 Å². The van der Waals surface area contributed by atoms with E-state index in [0.717, 1.165) is 10.0 Å². The molecule has 0 bridgehead atoms. The molecule has 2 heterocycles. The van der Waals surface area contributed by atoms with E-state index in [-0.39, 0.29) is 6.09 Å². The van der Waals surface area contributed by atoms with Crippen molar-refractivity contribution in [1.29, 1.82) is 0 Å².